The monoisotopic (exact) mass is 381 g/mol. The quantitative estimate of drug-likeness (QED) is 0.476. The Balaban J connectivity index is 1.47. The Kier molecular flexibility index (Phi) is 6.32. The van der Waals surface area contributed by atoms with E-state index in [2.05, 4.69) is 17.4 Å². The summed E-state index contributed by atoms with van der Waals surface area (Å²) in [6.07, 6.45) is 1.69. The fourth-order valence-electron chi connectivity index (χ4n) is 2.93. The first kappa shape index (κ1) is 19.5. The number of carbonyl (C=O) groups excluding carboxylic acids is 2. The maximum atomic E-state index is 12.3. The summed E-state index contributed by atoms with van der Waals surface area (Å²) in [7, 11) is 1.57. The number of furan rings is 1. The van der Waals surface area contributed by atoms with Gasteiger partial charge in [-0.1, -0.05) is 30.3 Å². The summed E-state index contributed by atoms with van der Waals surface area (Å²) in [5.41, 5.74) is 2.44. The lowest BCUT2D eigenvalue weighted by Crippen LogP contribution is -2.29. The number of nitrogens with one attached hydrogen (secondary N) is 1. The standard InChI is InChI=1S/C22H23NO5/c1-15-18-13-17(26-2)10-11-19(18)28-21(15)22(25)27-14-20(24)23-12-6-9-16-7-4-3-5-8-16/h3-5,7-8,10-11,13H,6,9,12,14H2,1-2H3,(H,23,24). The number of benzene rings is 2. The minimum Gasteiger partial charge on any atom is -0.497 e. The van der Waals surface area contributed by atoms with Crippen molar-refractivity contribution in [2.24, 2.45) is 0 Å². The Morgan fingerprint density at radius 3 is 2.64 bits per heavy atom. The number of carbonyl (C=O) groups is 2. The number of methoxy groups -OCH3 is 1. The number of hydrogen-bond donors (Lipinski definition) is 1. The van der Waals surface area contributed by atoms with E-state index in [1.165, 1.54) is 5.56 Å². The number of hydrogen-bond acceptors (Lipinski definition) is 5. The van der Waals surface area contributed by atoms with Crippen LogP contribution >= 0.6 is 0 Å². The van der Waals surface area contributed by atoms with E-state index in [1.54, 1.807) is 32.2 Å². The normalized spacial score (nSPS) is 10.6. The minimum absolute atomic E-state index is 0.0973. The van der Waals surface area contributed by atoms with E-state index in [-0.39, 0.29) is 18.3 Å². The zero-order chi connectivity index (χ0) is 19.9. The first-order chi connectivity index (χ1) is 13.6. The molecule has 2 aromatic carbocycles. The molecule has 0 aliphatic carbocycles. The third-order valence-electron chi connectivity index (χ3n) is 4.47. The fourth-order valence-corrected chi connectivity index (χ4v) is 2.93. The van der Waals surface area contributed by atoms with Crippen LogP contribution in [-0.2, 0) is 16.0 Å². The Hall–Kier alpha value is -3.28. The molecular formula is C22H23NO5. The van der Waals surface area contributed by atoms with Gasteiger partial charge in [0.15, 0.2) is 6.61 Å². The molecule has 0 aliphatic heterocycles. The minimum atomic E-state index is -0.660. The highest BCUT2D eigenvalue weighted by Gasteiger charge is 2.20. The highest BCUT2D eigenvalue weighted by Crippen LogP contribution is 2.29. The van der Waals surface area contributed by atoms with E-state index in [0.29, 0.717) is 23.4 Å². The molecule has 6 heteroatoms. The van der Waals surface area contributed by atoms with Gasteiger partial charge in [-0.3, -0.25) is 4.79 Å². The maximum absolute atomic E-state index is 12.3. The molecule has 28 heavy (non-hydrogen) atoms. The van der Waals surface area contributed by atoms with Gasteiger partial charge in [0.1, 0.15) is 11.3 Å². The van der Waals surface area contributed by atoms with Crippen LogP contribution in [-0.4, -0.2) is 32.1 Å². The van der Waals surface area contributed by atoms with E-state index in [1.807, 2.05) is 18.2 Å². The molecule has 3 rings (SSSR count). The predicted octanol–water partition coefficient (Wildman–Crippen LogP) is 3.66. The average molecular weight is 381 g/mol. The van der Waals surface area contributed by atoms with Gasteiger partial charge in [0.2, 0.25) is 5.76 Å². The molecule has 0 radical (unpaired) electrons. The van der Waals surface area contributed by atoms with Crippen molar-refractivity contribution in [2.75, 3.05) is 20.3 Å². The summed E-state index contributed by atoms with van der Waals surface area (Å²) < 4.78 is 15.9. The van der Waals surface area contributed by atoms with Crippen molar-refractivity contribution in [1.82, 2.24) is 5.32 Å². The zero-order valence-electron chi connectivity index (χ0n) is 16.0. The molecule has 0 atom stereocenters. The first-order valence-electron chi connectivity index (χ1n) is 9.13. The summed E-state index contributed by atoms with van der Waals surface area (Å²) in [6.45, 7) is 1.95. The molecule has 0 bridgehead atoms. The average Bonchev–Trinajstić information content (AvgIpc) is 3.06. The number of aryl methyl sites for hydroxylation is 2. The van der Waals surface area contributed by atoms with Crippen LogP contribution in [0.15, 0.2) is 52.9 Å². The number of fused-ring (bicyclic) bond motifs is 1. The van der Waals surface area contributed by atoms with Gasteiger partial charge in [-0.25, -0.2) is 4.79 Å². The smallest absolute Gasteiger partial charge is 0.375 e. The lowest BCUT2D eigenvalue weighted by Gasteiger charge is -2.06. The van der Waals surface area contributed by atoms with Crippen LogP contribution in [0.3, 0.4) is 0 Å². The molecule has 0 fully saturated rings. The van der Waals surface area contributed by atoms with Gasteiger partial charge in [0.05, 0.1) is 7.11 Å². The molecule has 0 spiro atoms. The van der Waals surface area contributed by atoms with Crippen molar-refractivity contribution >= 4 is 22.8 Å². The molecule has 0 unspecified atom stereocenters. The number of esters is 1. The van der Waals surface area contributed by atoms with Crippen molar-refractivity contribution < 1.29 is 23.5 Å². The molecule has 0 saturated carbocycles. The van der Waals surface area contributed by atoms with Crippen LogP contribution < -0.4 is 10.1 Å². The van der Waals surface area contributed by atoms with Crippen molar-refractivity contribution in [2.45, 2.75) is 19.8 Å². The summed E-state index contributed by atoms with van der Waals surface area (Å²) in [5.74, 6) is -0.227. The summed E-state index contributed by atoms with van der Waals surface area (Å²) in [4.78, 5) is 24.2. The highest BCUT2D eigenvalue weighted by molar-refractivity contribution is 5.97. The fraction of sp³-hybridized carbons (Fsp3) is 0.273. The van der Waals surface area contributed by atoms with E-state index in [4.69, 9.17) is 13.9 Å². The van der Waals surface area contributed by atoms with Gasteiger partial charge in [-0.15, -0.1) is 0 Å². The van der Waals surface area contributed by atoms with Crippen LogP contribution in [0.25, 0.3) is 11.0 Å². The Morgan fingerprint density at radius 2 is 1.89 bits per heavy atom. The van der Waals surface area contributed by atoms with E-state index in [0.717, 1.165) is 18.2 Å². The molecule has 6 nitrogen and oxygen atoms in total. The van der Waals surface area contributed by atoms with E-state index < -0.39 is 5.97 Å². The van der Waals surface area contributed by atoms with Crippen LogP contribution in [0, 0.1) is 6.92 Å². The van der Waals surface area contributed by atoms with Crippen molar-refractivity contribution in [3.8, 4) is 5.75 Å². The van der Waals surface area contributed by atoms with Crippen molar-refractivity contribution in [1.29, 1.82) is 0 Å². The Labute approximate surface area is 163 Å². The second kappa shape index (κ2) is 9.08. The van der Waals surface area contributed by atoms with Crippen molar-refractivity contribution in [3.05, 3.63) is 65.4 Å². The van der Waals surface area contributed by atoms with Gasteiger partial charge >= 0.3 is 5.97 Å². The number of ether oxygens (including phenoxy) is 2. The zero-order valence-corrected chi connectivity index (χ0v) is 16.0. The molecular weight excluding hydrogens is 358 g/mol. The lowest BCUT2D eigenvalue weighted by molar-refractivity contribution is -0.124. The van der Waals surface area contributed by atoms with Gasteiger partial charge in [-0.05, 0) is 43.5 Å². The highest BCUT2D eigenvalue weighted by atomic mass is 16.5. The van der Waals surface area contributed by atoms with Crippen molar-refractivity contribution in [3.63, 3.8) is 0 Å². The second-order valence-electron chi connectivity index (χ2n) is 6.43. The molecule has 1 heterocycles. The van der Waals surface area contributed by atoms with Gasteiger partial charge in [0, 0.05) is 17.5 Å². The van der Waals surface area contributed by atoms with Gasteiger partial charge in [0.25, 0.3) is 5.91 Å². The molecule has 3 aromatic rings. The molecule has 146 valence electrons. The predicted molar refractivity (Wildman–Crippen MR) is 106 cm³/mol. The molecule has 0 aliphatic rings. The second-order valence-corrected chi connectivity index (χ2v) is 6.43. The molecule has 0 saturated heterocycles. The van der Waals surface area contributed by atoms with Crippen LogP contribution in [0.5, 0.6) is 5.75 Å². The Bertz CT molecular complexity index is 962. The Morgan fingerprint density at radius 1 is 1.11 bits per heavy atom. The van der Waals surface area contributed by atoms with Crippen LogP contribution in [0.2, 0.25) is 0 Å². The topological polar surface area (TPSA) is 77.8 Å². The summed E-state index contributed by atoms with van der Waals surface area (Å²) >= 11 is 0. The molecule has 1 amide bonds. The van der Waals surface area contributed by atoms with Gasteiger partial charge < -0.3 is 19.2 Å². The summed E-state index contributed by atoms with van der Waals surface area (Å²) in [5, 5.41) is 3.53. The van der Waals surface area contributed by atoms with E-state index >= 15 is 0 Å². The van der Waals surface area contributed by atoms with Crippen LogP contribution in [0.4, 0.5) is 0 Å². The molecule has 1 N–H and O–H groups in total. The van der Waals surface area contributed by atoms with E-state index in [9.17, 15) is 9.59 Å². The number of rotatable bonds is 8. The summed E-state index contributed by atoms with van der Waals surface area (Å²) in [6, 6.07) is 15.3. The lowest BCUT2D eigenvalue weighted by atomic mass is 10.1. The largest absolute Gasteiger partial charge is 0.497 e. The third-order valence-corrected chi connectivity index (χ3v) is 4.47. The van der Waals surface area contributed by atoms with Crippen LogP contribution in [0.1, 0.15) is 28.1 Å². The third kappa shape index (κ3) is 4.71. The number of amides is 1. The molecule has 1 aromatic heterocycles. The van der Waals surface area contributed by atoms with Gasteiger partial charge in [-0.2, -0.15) is 0 Å². The SMILES string of the molecule is COc1ccc2oc(C(=O)OCC(=O)NCCCc3ccccc3)c(C)c2c1. The maximum Gasteiger partial charge on any atom is 0.375 e. The first-order valence-corrected chi connectivity index (χ1v) is 9.13.